The average molecular weight is 498 g/mol. The lowest BCUT2D eigenvalue weighted by atomic mass is 10.0. The highest BCUT2D eigenvalue weighted by Gasteiger charge is 2.31. The van der Waals surface area contributed by atoms with Crippen LogP contribution in [-0.4, -0.2) is 45.7 Å². The van der Waals surface area contributed by atoms with Crippen molar-refractivity contribution in [1.29, 1.82) is 0 Å². The molecule has 2 unspecified atom stereocenters. The van der Waals surface area contributed by atoms with Crippen LogP contribution in [-0.2, 0) is 17.7 Å². The number of hydrogen-bond donors (Lipinski definition) is 0. The van der Waals surface area contributed by atoms with Crippen LogP contribution in [0.15, 0.2) is 54.6 Å². The van der Waals surface area contributed by atoms with Crippen molar-refractivity contribution in [2.45, 2.75) is 38.1 Å². The third kappa shape index (κ3) is 6.47. The number of fused-ring (bicyclic) bond motifs is 1. The maximum Gasteiger partial charge on any atom is 0.573 e. The molecule has 0 aliphatic carbocycles. The molecular formula is C23H24F3N2O3S2-. The highest BCUT2D eigenvalue weighted by molar-refractivity contribution is 7.81. The molecule has 0 bridgehead atoms. The Hall–Kier alpha value is -2.14. The Labute approximate surface area is 197 Å². The topological polar surface area (TPSA) is 55.8 Å². The van der Waals surface area contributed by atoms with E-state index in [1.54, 1.807) is 12.1 Å². The van der Waals surface area contributed by atoms with Gasteiger partial charge in [-0.25, -0.2) is 0 Å². The van der Waals surface area contributed by atoms with E-state index in [1.807, 2.05) is 30.3 Å². The van der Waals surface area contributed by atoms with Crippen LogP contribution < -0.4 is 9.04 Å². The Balaban J connectivity index is 1.56. The first-order chi connectivity index (χ1) is 15.8. The molecule has 1 aliphatic rings. The van der Waals surface area contributed by atoms with Gasteiger partial charge in [-0.15, -0.1) is 24.5 Å². The van der Waals surface area contributed by atoms with Crippen molar-refractivity contribution >= 4 is 37.7 Å². The molecule has 2 heterocycles. The molecule has 0 amide bonds. The average Bonchev–Trinajstić information content (AvgIpc) is 3.21. The van der Waals surface area contributed by atoms with Gasteiger partial charge in [-0.1, -0.05) is 36.8 Å². The van der Waals surface area contributed by atoms with Gasteiger partial charge in [0.15, 0.2) is 0 Å². The summed E-state index contributed by atoms with van der Waals surface area (Å²) >= 11 is -1.03. The largest absolute Gasteiger partial charge is 0.755 e. The number of ether oxygens (including phenoxy) is 1. The Morgan fingerprint density at radius 3 is 2.42 bits per heavy atom. The van der Waals surface area contributed by atoms with E-state index >= 15 is 0 Å². The van der Waals surface area contributed by atoms with E-state index < -0.39 is 17.6 Å². The van der Waals surface area contributed by atoms with Gasteiger partial charge in [0.1, 0.15) is 10.8 Å². The Bertz CT molecular complexity index is 1050. The second-order valence-corrected chi connectivity index (χ2v) is 9.98. The van der Waals surface area contributed by atoms with Crippen molar-refractivity contribution in [3.63, 3.8) is 0 Å². The van der Waals surface area contributed by atoms with Crippen molar-refractivity contribution in [1.82, 2.24) is 4.90 Å². The number of alkyl halides is 3. The highest BCUT2D eigenvalue weighted by atomic mass is 32.2. The molecular weight excluding hydrogens is 473 g/mol. The summed E-state index contributed by atoms with van der Waals surface area (Å²) in [7, 11) is 0. The number of thiophene rings is 1. The molecule has 0 N–H and O–H groups in total. The summed E-state index contributed by atoms with van der Waals surface area (Å²) in [5.74, 6) is -0.270. The lowest BCUT2D eigenvalue weighted by Gasteiger charge is -2.38. The van der Waals surface area contributed by atoms with E-state index in [0.29, 0.717) is 11.4 Å². The van der Waals surface area contributed by atoms with E-state index in [0.717, 1.165) is 48.0 Å². The van der Waals surface area contributed by atoms with Crippen molar-refractivity contribution in [3.05, 3.63) is 60.2 Å². The fourth-order valence-corrected chi connectivity index (χ4v) is 5.97. The number of rotatable bonds is 8. The molecule has 1 aliphatic heterocycles. The van der Waals surface area contributed by atoms with E-state index in [2.05, 4.69) is 9.64 Å². The fraction of sp³-hybridized carbons (Fsp3) is 0.391. The predicted molar refractivity (Wildman–Crippen MR) is 124 cm³/mol. The monoisotopic (exact) mass is 497 g/mol. The van der Waals surface area contributed by atoms with E-state index in [-0.39, 0.29) is 18.3 Å². The Morgan fingerprint density at radius 2 is 1.79 bits per heavy atom. The van der Waals surface area contributed by atoms with Gasteiger partial charge in [0.05, 0.1) is 0 Å². The van der Waals surface area contributed by atoms with Crippen molar-refractivity contribution in [2.24, 2.45) is 0 Å². The predicted octanol–water partition coefficient (Wildman–Crippen LogP) is 5.50. The van der Waals surface area contributed by atoms with Crippen LogP contribution in [0, 0.1) is 0 Å². The molecule has 33 heavy (non-hydrogen) atoms. The van der Waals surface area contributed by atoms with Crippen molar-refractivity contribution in [3.8, 4) is 5.75 Å². The van der Waals surface area contributed by atoms with Gasteiger partial charge in [-0.05, 0) is 67.6 Å². The molecule has 5 nitrogen and oxygen atoms in total. The van der Waals surface area contributed by atoms with E-state index in [4.69, 9.17) is 0 Å². The number of piperidine rings is 1. The zero-order chi connectivity index (χ0) is 23.4. The maximum atomic E-state index is 12.5. The SMILES string of the molecule is O=S([O-])N(CC(Cc1ccc(OC(F)(F)F)cc1)N1CCCCC1)c1cc2ccccc2s1. The van der Waals surface area contributed by atoms with E-state index in [1.165, 1.54) is 27.8 Å². The summed E-state index contributed by atoms with van der Waals surface area (Å²) in [5, 5.41) is 1.64. The summed E-state index contributed by atoms with van der Waals surface area (Å²) in [6.45, 7) is 2.00. The second kappa shape index (κ2) is 10.4. The summed E-state index contributed by atoms with van der Waals surface area (Å²) in [4.78, 5) is 2.29. The molecule has 178 valence electrons. The van der Waals surface area contributed by atoms with Crippen LogP contribution in [0.5, 0.6) is 5.75 Å². The number of likely N-dealkylation sites (tertiary alicyclic amines) is 1. The number of benzene rings is 2. The van der Waals surface area contributed by atoms with Crippen molar-refractivity contribution < 1.29 is 26.7 Å². The minimum atomic E-state index is -4.74. The van der Waals surface area contributed by atoms with Crippen LogP contribution in [0.4, 0.5) is 18.2 Å². The zero-order valence-electron chi connectivity index (χ0n) is 17.8. The van der Waals surface area contributed by atoms with E-state index in [9.17, 15) is 21.9 Å². The number of nitrogens with zero attached hydrogens (tertiary/aromatic N) is 2. The maximum absolute atomic E-state index is 12.5. The van der Waals surface area contributed by atoms with Crippen LogP contribution in [0.1, 0.15) is 24.8 Å². The zero-order valence-corrected chi connectivity index (χ0v) is 19.4. The molecule has 1 saturated heterocycles. The minimum Gasteiger partial charge on any atom is -0.755 e. The Morgan fingerprint density at radius 1 is 1.09 bits per heavy atom. The highest BCUT2D eigenvalue weighted by Crippen LogP contribution is 2.34. The summed E-state index contributed by atoms with van der Waals surface area (Å²) < 4.78 is 68.2. The lowest BCUT2D eigenvalue weighted by Crippen LogP contribution is -2.47. The van der Waals surface area contributed by atoms with Gasteiger partial charge in [0.2, 0.25) is 0 Å². The number of halogens is 3. The standard InChI is InChI=1S/C23H25F3N2O3S2/c24-23(25,26)31-20-10-8-17(9-11-20)14-19(27-12-4-1-5-13-27)16-28(33(29)30)22-15-18-6-2-3-7-21(18)32-22/h2-3,6-11,15,19H,1,4-5,12-14,16H2,(H,29,30)/p-1. The molecule has 3 aromatic rings. The van der Waals surface area contributed by atoms with Gasteiger partial charge >= 0.3 is 6.36 Å². The minimum absolute atomic E-state index is 0.109. The van der Waals surface area contributed by atoms with Gasteiger partial charge in [-0.2, -0.15) is 0 Å². The first-order valence-corrected chi connectivity index (χ1v) is 12.6. The quantitative estimate of drug-likeness (QED) is 0.386. The van der Waals surface area contributed by atoms with Crippen LogP contribution in [0.2, 0.25) is 0 Å². The van der Waals surface area contributed by atoms with Gasteiger partial charge in [0.25, 0.3) is 0 Å². The van der Waals surface area contributed by atoms with Gasteiger partial charge in [0, 0.05) is 28.6 Å². The van der Waals surface area contributed by atoms with Crippen LogP contribution in [0.3, 0.4) is 0 Å². The number of anilines is 1. The molecule has 1 fully saturated rings. The first kappa shape index (κ1) is 24.0. The van der Waals surface area contributed by atoms with Gasteiger partial charge in [-0.3, -0.25) is 13.4 Å². The normalized spacial score (nSPS) is 17.1. The smallest absolute Gasteiger partial charge is 0.573 e. The Kier molecular flexibility index (Phi) is 7.58. The first-order valence-electron chi connectivity index (χ1n) is 10.7. The summed E-state index contributed by atoms with van der Waals surface area (Å²) in [6.07, 6.45) is -0.998. The third-order valence-electron chi connectivity index (χ3n) is 5.75. The molecule has 2 aromatic carbocycles. The fourth-order valence-electron chi connectivity index (χ4n) is 4.20. The molecule has 0 spiro atoms. The molecule has 0 radical (unpaired) electrons. The molecule has 1 aromatic heterocycles. The third-order valence-corrected chi connectivity index (χ3v) is 7.71. The molecule has 4 rings (SSSR count). The second-order valence-electron chi connectivity index (χ2n) is 8.05. The number of hydrogen-bond acceptors (Lipinski definition) is 5. The summed E-state index contributed by atoms with van der Waals surface area (Å²) in [6, 6.07) is 15.3. The lowest BCUT2D eigenvalue weighted by molar-refractivity contribution is -0.274. The van der Waals surface area contributed by atoms with Gasteiger partial charge < -0.3 is 9.29 Å². The van der Waals surface area contributed by atoms with Crippen molar-refractivity contribution in [2.75, 3.05) is 23.9 Å². The van der Waals surface area contributed by atoms with Crippen LogP contribution >= 0.6 is 11.3 Å². The summed E-state index contributed by atoms with van der Waals surface area (Å²) in [5.41, 5.74) is 0.827. The molecule has 10 heteroatoms. The van der Waals surface area contributed by atoms with Crippen LogP contribution in [0.25, 0.3) is 10.1 Å². The molecule has 0 saturated carbocycles. The molecule has 2 atom stereocenters.